The number of benzene rings is 2. The molecule has 2 nitrogen and oxygen atoms in total. The standard InChI is InChI=1S/C14H16FNO/c15-14-7-6-11(10-16-8-3-9-17)12-4-1-2-5-13(12)14/h1-2,4-7,16-17H,3,8-10H2. The van der Waals surface area contributed by atoms with Gasteiger partial charge in [-0.15, -0.1) is 0 Å². The maximum Gasteiger partial charge on any atom is 0.131 e. The predicted molar refractivity (Wildman–Crippen MR) is 67.3 cm³/mol. The molecule has 0 saturated heterocycles. The van der Waals surface area contributed by atoms with Crippen molar-refractivity contribution in [3.05, 3.63) is 47.8 Å². The predicted octanol–water partition coefficient (Wildman–Crippen LogP) is 2.45. The Morgan fingerprint density at radius 1 is 1.06 bits per heavy atom. The van der Waals surface area contributed by atoms with Crippen LogP contribution in [0.2, 0.25) is 0 Å². The summed E-state index contributed by atoms with van der Waals surface area (Å²) in [5.41, 5.74) is 1.08. The van der Waals surface area contributed by atoms with Crippen molar-refractivity contribution in [1.29, 1.82) is 0 Å². The molecule has 2 aromatic carbocycles. The van der Waals surface area contributed by atoms with Crippen molar-refractivity contribution in [2.24, 2.45) is 0 Å². The molecule has 0 amide bonds. The van der Waals surface area contributed by atoms with E-state index < -0.39 is 0 Å². The second-order valence-corrected chi connectivity index (χ2v) is 4.01. The van der Waals surface area contributed by atoms with Gasteiger partial charge in [-0.2, -0.15) is 0 Å². The summed E-state index contributed by atoms with van der Waals surface area (Å²) in [5, 5.41) is 13.5. The van der Waals surface area contributed by atoms with Crippen molar-refractivity contribution in [2.75, 3.05) is 13.2 Å². The van der Waals surface area contributed by atoms with Gasteiger partial charge in [-0.1, -0.05) is 30.3 Å². The third-order valence-corrected chi connectivity index (χ3v) is 2.79. The van der Waals surface area contributed by atoms with Crippen LogP contribution in [0.1, 0.15) is 12.0 Å². The molecule has 17 heavy (non-hydrogen) atoms. The molecule has 0 aliphatic carbocycles. The van der Waals surface area contributed by atoms with E-state index in [0.29, 0.717) is 11.9 Å². The van der Waals surface area contributed by atoms with Crippen molar-refractivity contribution in [1.82, 2.24) is 5.32 Å². The molecule has 0 aliphatic rings. The number of rotatable bonds is 5. The van der Waals surface area contributed by atoms with Crippen LogP contribution in [0.25, 0.3) is 10.8 Å². The Morgan fingerprint density at radius 3 is 2.59 bits per heavy atom. The maximum atomic E-state index is 13.6. The smallest absolute Gasteiger partial charge is 0.131 e. The lowest BCUT2D eigenvalue weighted by atomic mass is 10.0. The van der Waals surface area contributed by atoms with E-state index in [9.17, 15) is 4.39 Å². The lowest BCUT2D eigenvalue weighted by Crippen LogP contribution is -2.15. The van der Waals surface area contributed by atoms with Gasteiger partial charge in [-0.05, 0) is 30.0 Å². The normalized spacial score (nSPS) is 10.9. The first-order chi connectivity index (χ1) is 8.33. The van der Waals surface area contributed by atoms with Crippen molar-refractivity contribution < 1.29 is 9.50 Å². The van der Waals surface area contributed by atoms with Gasteiger partial charge in [0.2, 0.25) is 0 Å². The van der Waals surface area contributed by atoms with Crippen molar-refractivity contribution in [3.63, 3.8) is 0 Å². The van der Waals surface area contributed by atoms with E-state index in [4.69, 9.17) is 5.11 Å². The van der Waals surface area contributed by atoms with E-state index in [2.05, 4.69) is 5.32 Å². The fourth-order valence-corrected chi connectivity index (χ4v) is 1.91. The van der Waals surface area contributed by atoms with E-state index >= 15 is 0 Å². The average Bonchev–Trinajstić information content (AvgIpc) is 2.37. The summed E-state index contributed by atoms with van der Waals surface area (Å²) >= 11 is 0. The molecule has 2 rings (SSSR count). The summed E-state index contributed by atoms with van der Waals surface area (Å²) in [6, 6.07) is 10.8. The fraction of sp³-hybridized carbons (Fsp3) is 0.286. The average molecular weight is 233 g/mol. The number of aliphatic hydroxyl groups is 1. The van der Waals surface area contributed by atoms with E-state index in [1.54, 1.807) is 6.07 Å². The highest BCUT2D eigenvalue weighted by Gasteiger charge is 2.04. The zero-order valence-electron chi connectivity index (χ0n) is 9.62. The minimum absolute atomic E-state index is 0.181. The third-order valence-electron chi connectivity index (χ3n) is 2.79. The van der Waals surface area contributed by atoms with E-state index in [1.165, 1.54) is 6.07 Å². The highest BCUT2D eigenvalue weighted by atomic mass is 19.1. The van der Waals surface area contributed by atoms with Gasteiger partial charge in [0.1, 0.15) is 5.82 Å². The van der Waals surface area contributed by atoms with Crippen LogP contribution in [-0.4, -0.2) is 18.3 Å². The lowest BCUT2D eigenvalue weighted by Gasteiger charge is -2.08. The molecule has 0 atom stereocenters. The molecule has 0 unspecified atom stereocenters. The zero-order valence-corrected chi connectivity index (χ0v) is 9.62. The van der Waals surface area contributed by atoms with E-state index in [1.807, 2.05) is 24.3 Å². The summed E-state index contributed by atoms with van der Waals surface area (Å²) in [6.45, 7) is 1.65. The molecule has 0 aromatic heterocycles. The first kappa shape index (κ1) is 12.0. The third kappa shape index (κ3) is 2.81. The van der Waals surface area contributed by atoms with Crippen LogP contribution >= 0.6 is 0 Å². The lowest BCUT2D eigenvalue weighted by molar-refractivity contribution is 0.286. The SMILES string of the molecule is OCCCNCc1ccc(F)c2ccccc12. The second kappa shape index (κ2) is 5.75. The highest BCUT2D eigenvalue weighted by Crippen LogP contribution is 2.21. The Kier molecular flexibility index (Phi) is 4.07. The van der Waals surface area contributed by atoms with E-state index in [0.717, 1.165) is 23.9 Å². The molecular weight excluding hydrogens is 217 g/mol. The van der Waals surface area contributed by atoms with Crippen LogP contribution in [0.15, 0.2) is 36.4 Å². The maximum absolute atomic E-state index is 13.6. The molecule has 0 fully saturated rings. The van der Waals surface area contributed by atoms with Gasteiger partial charge >= 0.3 is 0 Å². The molecule has 0 aliphatic heterocycles. The van der Waals surface area contributed by atoms with Crippen LogP contribution < -0.4 is 5.32 Å². The van der Waals surface area contributed by atoms with Gasteiger partial charge < -0.3 is 10.4 Å². The Hall–Kier alpha value is -1.45. The van der Waals surface area contributed by atoms with Crippen LogP contribution in [0.5, 0.6) is 0 Å². The molecule has 0 saturated carbocycles. The second-order valence-electron chi connectivity index (χ2n) is 4.01. The van der Waals surface area contributed by atoms with Crippen molar-refractivity contribution in [3.8, 4) is 0 Å². The Morgan fingerprint density at radius 2 is 1.82 bits per heavy atom. The molecule has 2 aromatic rings. The van der Waals surface area contributed by atoms with Gasteiger partial charge in [-0.25, -0.2) is 4.39 Å². The van der Waals surface area contributed by atoms with Gasteiger partial charge in [0, 0.05) is 18.5 Å². The number of nitrogens with one attached hydrogen (secondary N) is 1. The number of halogens is 1. The topological polar surface area (TPSA) is 32.3 Å². The fourth-order valence-electron chi connectivity index (χ4n) is 1.91. The summed E-state index contributed by atoms with van der Waals surface area (Å²) in [6.07, 6.45) is 0.735. The first-order valence-electron chi connectivity index (χ1n) is 5.80. The molecule has 2 N–H and O–H groups in total. The summed E-state index contributed by atoms with van der Waals surface area (Å²) < 4.78 is 13.6. The van der Waals surface area contributed by atoms with Gasteiger partial charge in [-0.3, -0.25) is 0 Å². The number of aliphatic hydroxyl groups excluding tert-OH is 1. The van der Waals surface area contributed by atoms with Crippen LogP contribution in [0, 0.1) is 5.82 Å². The molecule has 0 spiro atoms. The largest absolute Gasteiger partial charge is 0.396 e. The van der Waals surface area contributed by atoms with Gasteiger partial charge in [0.25, 0.3) is 0 Å². The molecule has 0 bridgehead atoms. The quantitative estimate of drug-likeness (QED) is 0.777. The number of hydrogen-bond acceptors (Lipinski definition) is 2. The van der Waals surface area contributed by atoms with Crippen LogP contribution in [0.4, 0.5) is 4.39 Å². The summed E-state index contributed by atoms with van der Waals surface area (Å²) in [7, 11) is 0. The molecular formula is C14H16FNO. The number of fused-ring (bicyclic) bond motifs is 1. The monoisotopic (exact) mass is 233 g/mol. The Balaban J connectivity index is 2.20. The van der Waals surface area contributed by atoms with E-state index in [-0.39, 0.29) is 12.4 Å². The summed E-state index contributed by atoms with van der Waals surface area (Å²) in [5.74, 6) is -0.181. The molecule has 3 heteroatoms. The van der Waals surface area contributed by atoms with Gasteiger partial charge in [0.15, 0.2) is 0 Å². The highest BCUT2D eigenvalue weighted by molar-refractivity contribution is 5.86. The molecule has 0 heterocycles. The number of hydrogen-bond donors (Lipinski definition) is 2. The minimum Gasteiger partial charge on any atom is -0.396 e. The molecule has 90 valence electrons. The Bertz CT molecular complexity index is 499. The summed E-state index contributed by atoms with van der Waals surface area (Å²) in [4.78, 5) is 0. The van der Waals surface area contributed by atoms with Gasteiger partial charge in [0.05, 0.1) is 0 Å². The Labute approximate surface area is 100 Å². The zero-order chi connectivity index (χ0) is 12.1. The van der Waals surface area contributed by atoms with Crippen LogP contribution in [-0.2, 0) is 6.54 Å². The first-order valence-corrected chi connectivity index (χ1v) is 5.80. The molecule has 0 radical (unpaired) electrons. The van der Waals surface area contributed by atoms with Crippen molar-refractivity contribution in [2.45, 2.75) is 13.0 Å². The minimum atomic E-state index is -0.181. The van der Waals surface area contributed by atoms with Crippen molar-refractivity contribution >= 4 is 10.8 Å². The van der Waals surface area contributed by atoms with Crippen LogP contribution in [0.3, 0.4) is 0 Å².